The second-order valence-electron chi connectivity index (χ2n) is 16.7. The van der Waals surface area contributed by atoms with E-state index in [-0.39, 0.29) is 16.2 Å². The third-order valence-electron chi connectivity index (χ3n) is 11.9. The molecular weight excluding hydrogens is 617 g/mol. The Morgan fingerprint density at radius 3 is 1.47 bits per heavy atom. The zero-order chi connectivity index (χ0) is 35.4. The molecule has 252 valence electrons. The number of hydrogen-bond donors (Lipinski definition) is 0. The van der Waals surface area contributed by atoms with Crippen LogP contribution < -0.4 is 4.90 Å². The maximum absolute atomic E-state index is 2.47. The van der Waals surface area contributed by atoms with Crippen LogP contribution in [0.2, 0.25) is 0 Å². The third kappa shape index (κ3) is 4.55. The van der Waals surface area contributed by atoms with Gasteiger partial charge in [-0.3, -0.25) is 0 Å². The summed E-state index contributed by atoms with van der Waals surface area (Å²) < 4.78 is 2.39. The van der Waals surface area contributed by atoms with Gasteiger partial charge in [-0.25, -0.2) is 0 Å². The minimum Gasteiger partial charge on any atom is -0.347 e. The number of nitrogens with zero attached hydrogens (tertiary/aromatic N) is 2. The smallest absolute Gasteiger partial charge is 0.0486 e. The summed E-state index contributed by atoms with van der Waals surface area (Å²) in [6.07, 6.45) is 0. The molecule has 0 amide bonds. The quantitative estimate of drug-likeness (QED) is 0.182. The Morgan fingerprint density at radius 2 is 0.941 bits per heavy atom. The van der Waals surface area contributed by atoms with E-state index in [4.69, 9.17) is 0 Å². The van der Waals surface area contributed by atoms with Gasteiger partial charge in [0.2, 0.25) is 0 Å². The van der Waals surface area contributed by atoms with Crippen LogP contribution in [-0.4, -0.2) is 4.57 Å². The predicted octanol–water partition coefficient (Wildman–Crippen LogP) is 13.2. The van der Waals surface area contributed by atoms with E-state index in [0.717, 1.165) is 5.69 Å². The van der Waals surface area contributed by atoms with Gasteiger partial charge in [-0.1, -0.05) is 139 Å². The molecule has 6 aromatic carbocycles. The fourth-order valence-corrected chi connectivity index (χ4v) is 9.45. The Labute approximate surface area is 303 Å². The maximum atomic E-state index is 2.47. The second-order valence-corrected chi connectivity index (χ2v) is 16.7. The van der Waals surface area contributed by atoms with E-state index in [1.54, 1.807) is 0 Å². The van der Waals surface area contributed by atoms with Gasteiger partial charge in [0.05, 0.1) is 0 Å². The number of hydrogen-bond acceptors (Lipinski definition) is 1. The molecule has 0 bridgehead atoms. The lowest BCUT2D eigenvalue weighted by molar-refractivity contribution is 0.549. The van der Waals surface area contributed by atoms with E-state index in [0.29, 0.717) is 0 Å². The van der Waals surface area contributed by atoms with E-state index in [9.17, 15) is 0 Å². The molecule has 7 aromatic rings. The van der Waals surface area contributed by atoms with Gasteiger partial charge in [-0.05, 0) is 92.5 Å². The minimum atomic E-state index is -0.0866. The second kappa shape index (κ2) is 10.8. The van der Waals surface area contributed by atoms with Crippen molar-refractivity contribution < 1.29 is 0 Å². The van der Waals surface area contributed by atoms with Crippen molar-refractivity contribution in [3.63, 3.8) is 0 Å². The molecule has 0 unspecified atom stereocenters. The molecule has 0 spiro atoms. The summed E-state index contributed by atoms with van der Waals surface area (Å²) >= 11 is 0. The minimum absolute atomic E-state index is 0.0165. The van der Waals surface area contributed by atoms with Crippen LogP contribution in [0.25, 0.3) is 44.3 Å². The highest BCUT2D eigenvalue weighted by Crippen LogP contribution is 2.53. The maximum Gasteiger partial charge on any atom is 0.0486 e. The van der Waals surface area contributed by atoms with Gasteiger partial charge in [0.15, 0.2) is 0 Å². The Bertz CT molecular complexity index is 2410. The van der Waals surface area contributed by atoms with Gasteiger partial charge in [0, 0.05) is 62.5 Å². The number of para-hydroxylation sites is 1. The first-order chi connectivity index (χ1) is 24.4. The van der Waals surface area contributed by atoms with Crippen molar-refractivity contribution in [2.75, 3.05) is 4.90 Å². The fraction of sp³-hybridized carbons (Fsp3) is 0.224. The molecule has 0 saturated carbocycles. The first kappa shape index (κ1) is 31.6. The van der Waals surface area contributed by atoms with Crippen molar-refractivity contribution in [3.05, 3.63) is 161 Å². The average molecular weight is 663 g/mol. The molecule has 2 nitrogen and oxygen atoms in total. The first-order valence-corrected chi connectivity index (χ1v) is 18.3. The van der Waals surface area contributed by atoms with Crippen LogP contribution in [0.1, 0.15) is 76.4 Å². The number of rotatable bonds is 4. The van der Waals surface area contributed by atoms with Gasteiger partial charge < -0.3 is 9.47 Å². The molecule has 2 heteroatoms. The summed E-state index contributed by atoms with van der Waals surface area (Å²) in [5.41, 5.74) is 19.4. The van der Waals surface area contributed by atoms with Crippen molar-refractivity contribution >= 4 is 28.0 Å². The molecular formula is C49H46N2. The number of aryl methyl sites for hydroxylation is 1. The highest BCUT2D eigenvalue weighted by molar-refractivity contribution is 5.99. The fourth-order valence-electron chi connectivity index (χ4n) is 9.45. The molecule has 0 saturated heterocycles. The van der Waals surface area contributed by atoms with Crippen LogP contribution in [0.3, 0.4) is 0 Å². The van der Waals surface area contributed by atoms with E-state index in [2.05, 4.69) is 198 Å². The van der Waals surface area contributed by atoms with E-state index < -0.39 is 0 Å². The standard InChI is InChI=1S/C49H46N2/c1-47(2,3)46-45(39-17-11-14-20-44(39)50(46)8)31-21-23-32(24-22-31)51(33-25-27-37-35-15-9-12-18-40(35)48(4,5)42(37)29-33)34-26-28-38-36-16-10-13-19-41(36)49(6,7)43(38)30-34/h9-30H,1-8H3. The molecule has 2 aliphatic carbocycles. The molecule has 2 aliphatic rings. The van der Waals surface area contributed by atoms with Gasteiger partial charge in [-0.15, -0.1) is 0 Å². The average Bonchev–Trinajstić information content (AvgIpc) is 3.65. The highest BCUT2D eigenvalue weighted by atomic mass is 15.1. The molecule has 51 heavy (non-hydrogen) atoms. The Kier molecular flexibility index (Phi) is 6.72. The molecule has 0 aliphatic heterocycles. The predicted molar refractivity (Wildman–Crippen MR) is 217 cm³/mol. The van der Waals surface area contributed by atoms with Gasteiger partial charge >= 0.3 is 0 Å². The summed E-state index contributed by atoms with van der Waals surface area (Å²) in [6.45, 7) is 16.4. The summed E-state index contributed by atoms with van der Waals surface area (Å²) in [4.78, 5) is 2.47. The third-order valence-corrected chi connectivity index (χ3v) is 11.9. The Hall–Kier alpha value is -5.34. The summed E-state index contributed by atoms with van der Waals surface area (Å²) in [7, 11) is 2.21. The monoisotopic (exact) mass is 662 g/mol. The topological polar surface area (TPSA) is 8.17 Å². The Balaban J connectivity index is 1.23. The van der Waals surface area contributed by atoms with Crippen LogP contribution in [0.15, 0.2) is 133 Å². The lowest BCUT2D eigenvalue weighted by Gasteiger charge is -2.30. The summed E-state index contributed by atoms with van der Waals surface area (Å²) in [6, 6.07) is 50.2. The van der Waals surface area contributed by atoms with Crippen molar-refractivity contribution in [1.82, 2.24) is 4.57 Å². The normalized spacial score (nSPS) is 15.0. The van der Waals surface area contributed by atoms with Crippen molar-refractivity contribution in [2.45, 2.75) is 64.7 Å². The molecule has 0 fully saturated rings. The van der Waals surface area contributed by atoms with Crippen molar-refractivity contribution in [2.24, 2.45) is 7.05 Å². The Morgan fingerprint density at radius 1 is 0.490 bits per heavy atom. The summed E-state index contributed by atoms with van der Waals surface area (Å²) in [5.74, 6) is 0. The summed E-state index contributed by atoms with van der Waals surface area (Å²) in [5, 5.41) is 1.30. The number of benzene rings is 6. The molecule has 0 atom stereocenters. The lowest BCUT2D eigenvalue weighted by Crippen LogP contribution is -2.18. The van der Waals surface area contributed by atoms with Crippen LogP contribution in [0.5, 0.6) is 0 Å². The van der Waals surface area contributed by atoms with E-state index in [1.165, 1.54) is 83.6 Å². The van der Waals surface area contributed by atoms with Crippen molar-refractivity contribution in [3.8, 4) is 33.4 Å². The molecule has 1 heterocycles. The van der Waals surface area contributed by atoms with Crippen LogP contribution >= 0.6 is 0 Å². The van der Waals surface area contributed by atoms with Gasteiger partial charge in [0.25, 0.3) is 0 Å². The van der Waals surface area contributed by atoms with Gasteiger partial charge in [0.1, 0.15) is 0 Å². The molecule has 1 aromatic heterocycles. The van der Waals surface area contributed by atoms with Crippen LogP contribution in [0.4, 0.5) is 17.1 Å². The number of aromatic nitrogens is 1. The van der Waals surface area contributed by atoms with Crippen LogP contribution in [-0.2, 0) is 23.3 Å². The van der Waals surface area contributed by atoms with E-state index >= 15 is 0 Å². The first-order valence-electron chi connectivity index (χ1n) is 18.3. The zero-order valence-electron chi connectivity index (χ0n) is 31.1. The lowest BCUT2D eigenvalue weighted by atomic mass is 9.82. The zero-order valence-corrected chi connectivity index (χ0v) is 31.1. The van der Waals surface area contributed by atoms with Gasteiger partial charge in [-0.2, -0.15) is 0 Å². The van der Waals surface area contributed by atoms with Crippen molar-refractivity contribution in [1.29, 1.82) is 0 Å². The highest BCUT2D eigenvalue weighted by Gasteiger charge is 2.38. The molecule has 9 rings (SSSR count). The van der Waals surface area contributed by atoms with E-state index in [1.807, 2.05) is 0 Å². The number of fused-ring (bicyclic) bond motifs is 7. The number of anilines is 3. The van der Waals surface area contributed by atoms with Crippen LogP contribution in [0, 0.1) is 0 Å². The molecule has 0 radical (unpaired) electrons. The molecule has 0 N–H and O–H groups in total. The largest absolute Gasteiger partial charge is 0.347 e. The SMILES string of the molecule is Cn1c(C(C)(C)C)c(-c2ccc(N(c3ccc4c(c3)C(C)(C)c3ccccc3-4)c3ccc4c(c3)C(C)(C)c3ccccc3-4)cc2)c2ccccc21.